The Kier molecular flexibility index (Phi) is 3.98. The SMILES string of the molecule is N#Cc1c(-c2ccc(Cl)cc2)nc(-n2[nH]c3c(c2=O)CCCC3)[nH]c1=O. The molecule has 0 amide bonds. The number of hydrogen-bond acceptors (Lipinski definition) is 4. The lowest BCUT2D eigenvalue weighted by Gasteiger charge is -2.07. The number of aromatic nitrogens is 4. The van der Waals surface area contributed by atoms with Gasteiger partial charge >= 0.3 is 0 Å². The Labute approximate surface area is 152 Å². The van der Waals surface area contributed by atoms with Crippen molar-refractivity contribution in [2.24, 2.45) is 0 Å². The van der Waals surface area contributed by atoms with Gasteiger partial charge in [-0.3, -0.25) is 19.7 Å². The van der Waals surface area contributed by atoms with Crippen molar-refractivity contribution in [3.8, 4) is 23.3 Å². The average molecular weight is 368 g/mol. The second-order valence-electron chi connectivity index (χ2n) is 6.15. The minimum Gasteiger partial charge on any atom is -0.292 e. The normalized spacial score (nSPS) is 13.2. The Bertz CT molecular complexity index is 1150. The van der Waals surface area contributed by atoms with Crippen LogP contribution >= 0.6 is 11.6 Å². The van der Waals surface area contributed by atoms with Gasteiger partial charge in [-0.15, -0.1) is 0 Å². The van der Waals surface area contributed by atoms with Gasteiger partial charge in [-0.25, -0.2) is 4.98 Å². The lowest BCUT2D eigenvalue weighted by Crippen LogP contribution is -2.24. The highest BCUT2D eigenvalue weighted by atomic mass is 35.5. The first-order valence-corrected chi connectivity index (χ1v) is 8.60. The van der Waals surface area contributed by atoms with Crippen LogP contribution in [0.25, 0.3) is 17.2 Å². The number of aryl methyl sites for hydroxylation is 1. The molecule has 2 N–H and O–H groups in total. The summed E-state index contributed by atoms with van der Waals surface area (Å²) in [5, 5.41) is 12.9. The van der Waals surface area contributed by atoms with Crippen LogP contribution in [0.2, 0.25) is 5.02 Å². The fraction of sp³-hybridized carbons (Fsp3) is 0.222. The number of fused-ring (bicyclic) bond motifs is 1. The van der Waals surface area contributed by atoms with Crippen molar-refractivity contribution >= 4 is 11.6 Å². The minimum atomic E-state index is -0.595. The predicted molar refractivity (Wildman–Crippen MR) is 96.6 cm³/mol. The van der Waals surface area contributed by atoms with Gasteiger partial charge < -0.3 is 0 Å². The molecule has 2 heterocycles. The van der Waals surface area contributed by atoms with Crippen LogP contribution in [0.15, 0.2) is 33.9 Å². The predicted octanol–water partition coefficient (Wildman–Crippen LogP) is 2.32. The van der Waals surface area contributed by atoms with Gasteiger partial charge in [-0.1, -0.05) is 23.7 Å². The molecule has 0 bridgehead atoms. The summed E-state index contributed by atoms with van der Waals surface area (Å²) in [4.78, 5) is 32.0. The zero-order valence-corrected chi connectivity index (χ0v) is 14.4. The van der Waals surface area contributed by atoms with E-state index in [4.69, 9.17) is 11.6 Å². The summed E-state index contributed by atoms with van der Waals surface area (Å²) in [7, 11) is 0. The molecule has 0 radical (unpaired) electrons. The van der Waals surface area contributed by atoms with Crippen LogP contribution in [-0.2, 0) is 12.8 Å². The van der Waals surface area contributed by atoms with E-state index in [1.807, 2.05) is 6.07 Å². The van der Waals surface area contributed by atoms with Gasteiger partial charge in [0.2, 0.25) is 5.95 Å². The van der Waals surface area contributed by atoms with Crippen LogP contribution in [0.4, 0.5) is 0 Å². The van der Waals surface area contributed by atoms with E-state index < -0.39 is 5.56 Å². The number of nitrogens with zero attached hydrogens (tertiary/aromatic N) is 3. The monoisotopic (exact) mass is 367 g/mol. The van der Waals surface area contributed by atoms with E-state index in [-0.39, 0.29) is 22.8 Å². The Balaban J connectivity index is 1.93. The number of rotatable bonds is 2. The van der Waals surface area contributed by atoms with E-state index in [1.54, 1.807) is 24.3 Å². The van der Waals surface area contributed by atoms with Crippen LogP contribution in [-0.4, -0.2) is 19.7 Å². The summed E-state index contributed by atoms with van der Waals surface area (Å²) in [5.74, 6) is 0.0679. The quantitative estimate of drug-likeness (QED) is 0.724. The molecule has 0 saturated carbocycles. The number of aromatic amines is 2. The van der Waals surface area contributed by atoms with Gasteiger partial charge in [0, 0.05) is 21.8 Å². The lowest BCUT2D eigenvalue weighted by molar-refractivity contribution is 0.669. The van der Waals surface area contributed by atoms with Crippen molar-refractivity contribution in [2.75, 3.05) is 0 Å². The van der Waals surface area contributed by atoms with Crippen molar-refractivity contribution in [1.82, 2.24) is 19.7 Å². The molecule has 0 unspecified atom stereocenters. The van der Waals surface area contributed by atoms with Crippen LogP contribution in [0, 0.1) is 11.3 Å². The second kappa shape index (κ2) is 6.32. The van der Waals surface area contributed by atoms with Crippen molar-refractivity contribution < 1.29 is 0 Å². The standard InChI is InChI=1S/C18H14ClN5O2/c19-11-7-5-10(6-8-11)15-13(9-20)16(25)22-18(21-15)24-17(26)12-3-1-2-4-14(12)23-24/h5-8,23H,1-4H2,(H,21,22,25). The molecule has 1 aliphatic carbocycles. The molecule has 4 rings (SSSR count). The molecular weight excluding hydrogens is 354 g/mol. The third-order valence-electron chi connectivity index (χ3n) is 4.52. The average Bonchev–Trinajstić information content (AvgIpc) is 2.99. The number of nitriles is 1. The topological polar surface area (TPSA) is 107 Å². The number of hydrogen-bond donors (Lipinski definition) is 2. The van der Waals surface area contributed by atoms with E-state index in [2.05, 4.69) is 15.1 Å². The number of benzene rings is 1. The molecule has 0 saturated heterocycles. The third kappa shape index (κ3) is 2.65. The summed E-state index contributed by atoms with van der Waals surface area (Å²) in [6.45, 7) is 0. The van der Waals surface area contributed by atoms with Crippen LogP contribution in [0.3, 0.4) is 0 Å². The van der Waals surface area contributed by atoms with Crippen molar-refractivity contribution in [3.05, 3.63) is 66.8 Å². The molecule has 0 aliphatic heterocycles. The van der Waals surface area contributed by atoms with E-state index in [1.165, 1.54) is 4.68 Å². The van der Waals surface area contributed by atoms with Crippen molar-refractivity contribution in [3.63, 3.8) is 0 Å². The van der Waals surface area contributed by atoms with Crippen LogP contribution in [0.1, 0.15) is 29.7 Å². The fourth-order valence-electron chi connectivity index (χ4n) is 3.22. The van der Waals surface area contributed by atoms with Crippen LogP contribution in [0.5, 0.6) is 0 Å². The minimum absolute atomic E-state index is 0.0679. The zero-order valence-electron chi connectivity index (χ0n) is 13.7. The summed E-state index contributed by atoms with van der Waals surface area (Å²) < 4.78 is 1.25. The second-order valence-corrected chi connectivity index (χ2v) is 6.58. The van der Waals surface area contributed by atoms with E-state index in [9.17, 15) is 14.9 Å². The van der Waals surface area contributed by atoms with Gasteiger partial charge in [-0.2, -0.15) is 9.94 Å². The Morgan fingerprint density at radius 3 is 2.58 bits per heavy atom. The fourth-order valence-corrected chi connectivity index (χ4v) is 3.35. The van der Waals surface area contributed by atoms with Crippen molar-refractivity contribution in [2.45, 2.75) is 25.7 Å². The van der Waals surface area contributed by atoms with E-state index in [0.717, 1.165) is 30.5 Å². The third-order valence-corrected chi connectivity index (χ3v) is 4.78. The highest BCUT2D eigenvalue weighted by molar-refractivity contribution is 6.30. The van der Waals surface area contributed by atoms with Gasteiger partial charge in [0.1, 0.15) is 11.6 Å². The summed E-state index contributed by atoms with van der Waals surface area (Å²) in [6, 6.07) is 8.54. The molecule has 3 aromatic rings. The summed E-state index contributed by atoms with van der Waals surface area (Å²) in [5.41, 5.74) is 1.47. The molecule has 7 nitrogen and oxygen atoms in total. The first-order chi connectivity index (χ1) is 12.6. The molecular formula is C18H14ClN5O2. The number of H-pyrrole nitrogens is 2. The van der Waals surface area contributed by atoms with Crippen LogP contribution < -0.4 is 11.1 Å². The molecule has 1 aromatic carbocycles. The Morgan fingerprint density at radius 2 is 1.88 bits per heavy atom. The molecule has 0 spiro atoms. The molecule has 1 aliphatic rings. The maximum atomic E-state index is 12.7. The number of nitrogens with one attached hydrogen (secondary N) is 2. The Morgan fingerprint density at radius 1 is 1.15 bits per heavy atom. The van der Waals surface area contributed by atoms with Gasteiger partial charge in [-0.05, 0) is 37.8 Å². The molecule has 2 aromatic heterocycles. The molecule has 8 heteroatoms. The lowest BCUT2D eigenvalue weighted by atomic mass is 9.98. The molecule has 0 fully saturated rings. The molecule has 0 atom stereocenters. The molecule has 130 valence electrons. The number of halogens is 1. The summed E-state index contributed by atoms with van der Waals surface area (Å²) in [6.07, 6.45) is 3.48. The van der Waals surface area contributed by atoms with Gasteiger partial charge in [0.25, 0.3) is 11.1 Å². The highest BCUT2D eigenvalue weighted by Crippen LogP contribution is 2.22. The first-order valence-electron chi connectivity index (χ1n) is 8.22. The highest BCUT2D eigenvalue weighted by Gasteiger charge is 2.21. The maximum Gasteiger partial charge on any atom is 0.277 e. The van der Waals surface area contributed by atoms with E-state index >= 15 is 0 Å². The zero-order chi connectivity index (χ0) is 18.3. The summed E-state index contributed by atoms with van der Waals surface area (Å²) >= 11 is 5.91. The largest absolute Gasteiger partial charge is 0.292 e. The van der Waals surface area contributed by atoms with E-state index in [0.29, 0.717) is 17.0 Å². The Hall–Kier alpha value is -3.11. The van der Waals surface area contributed by atoms with Gasteiger partial charge in [0.15, 0.2) is 0 Å². The van der Waals surface area contributed by atoms with Crippen molar-refractivity contribution in [1.29, 1.82) is 5.26 Å². The smallest absolute Gasteiger partial charge is 0.277 e. The first kappa shape index (κ1) is 16.4. The molecule has 26 heavy (non-hydrogen) atoms. The maximum absolute atomic E-state index is 12.7. The van der Waals surface area contributed by atoms with Gasteiger partial charge in [0.05, 0.1) is 5.69 Å².